The molecule has 0 bridgehead atoms. The third-order valence-electron chi connectivity index (χ3n) is 4.05. The molecule has 0 aliphatic rings. The van der Waals surface area contributed by atoms with Gasteiger partial charge in [-0.05, 0) is 58.7 Å². The predicted octanol–water partition coefficient (Wildman–Crippen LogP) is 4.29. The quantitative estimate of drug-likeness (QED) is 0.856. The van der Waals surface area contributed by atoms with E-state index in [1.165, 1.54) is 0 Å². The van der Waals surface area contributed by atoms with E-state index in [9.17, 15) is 4.79 Å². The Kier molecular flexibility index (Phi) is 4.83. The van der Waals surface area contributed by atoms with Crippen molar-refractivity contribution in [1.82, 2.24) is 5.32 Å². The molecule has 1 heterocycles. The van der Waals surface area contributed by atoms with Crippen LogP contribution in [0.5, 0.6) is 5.75 Å². The molecule has 1 aromatic heterocycles. The van der Waals surface area contributed by atoms with Gasteiger partial charge in [0.25, 0.3) is 0 Å². The summed E-state index contributed by atoms with van der Waals surface area (Å²) in [6.07, 6.45) is 1.62. The Morgan fingerprint density at radius 2 is 1.91 bits per heavy atom. The van der Waals surface area contributed by atoms with Crippen LogP contribution in [0.1, 0.15) is 43.2 Å². The fraction of sp³-hybridized carbons (Fsp3) is 0.421. The van der Waals surface area contributed by atoms with E-state index >= 15 is 0 Å². The lowest BCUT2D eigenvalue weighted by Crippen LogP contribution is -2.28. The first-order valence-corrected chi connectivity index (χ1v) is 7.82. The molecule has 0 aliphatic carbocycles. The molecule has 0 atom stereocenters. The topological polar surface area (TPSA) is 51.5 Å². The number of carbonyl (C=O) groups is 1. The van der Waals surface area contributed by atoms with Crippen molar-refractivity contribution in [2.75, 3.05) is 7.11 Å². The summed E-state index contributed by atoms with van der Waals surface area (Å²) >= 11 is 0. The number of carbonyl (C=O) groups excluding carboxylic acids is 1. The summed E-state index contributed by atoms with van der Waals surface area (Å²) in [5.74, 6) is 1.55. The number of amides is 1. The molecule has 23 heavy (non-hydrogen) atoms. The first-order valence-electron chi connectivity index (χ1n) is 7.82. The van der Waals surface area contributed by atoms with Crippen LogP contribution < -0.4 is 10.1 Å². The SMILES string of the molecule is COc1c(/C(C)=C/C(=O)NC(C)C)cc2c(C)c(C)oc2c1C. The average molecular weight is 315 g/mol. The van der Waals surface area contributed by atoms with Crippen molar-refractivity contribution in [3.63, 3.8) is 0 Å². The Balaban J connectivity index is 2.61. The molecule has 1 aromatic carbocycles. The van der Waals surface area contributed by atoms with Crippen LogP contribution >= 0.6 is 0 Å². The highest BCUT2D eigenvalue weighted by molar-refractivity contribution is 5.98. The maximum atomic E-state index is 12.0. The lowest BCUT2D eigenvalue weighted by Gasteiger charge is -2.13. The third-order valence-corrected chi connectivity index (χ3v) is 4.05. The van der Waals surface area contributed by atoms with Crippen molar-refractivity contribution >= 4 is 22.4 Å². The Morgan fingerprint density at radius 3 is 2.48 bits per heavy atom. The van der Waals surface area contributed by atoms with E-state index < -0.39 is 0 Å². The average Bonchev–Trinajstić information content (AvgIpc) is 2.74. The summed E-state index contributed by atoms with van der Waals surface area (Å²) in [5, 5.41) is 3.94. The highest BCUT2D eigenvalue weighted by atomic mass is 16.5. The monoisotopic (exact) mass is 315 g/mol. The molecule has 1 amide bonds. The molecule has 4 heteroatoms. The van der Waals surface area contributed by atoms with Gasteiger partial charge in [0, 0.05) is 28.6 Å². The zero-order valence-corrected chi connectivity index (χ0v) is 15.0. The molecule has 4 nitrogen and oxygen atoms in total. The van der Waals surface area contributed by atoms with Crippen molar-refractivity contribution < 1.29 is 13.9 Å². The summed E-state index contributed by atoms with van der Waals surface area (Å²) in [6.45, 7) is 11.8. The van der Waals surface area contributed by atoms with Crippen LogP contribution in [-0.4, -0.2) is 19.1 Å². The second-order valence-electron chi connectivity index (χ2n) is 6.23. The van der Waals surface area contributed by atoms with Crippen molar-refractivity contribution in [3.8, 4) is 5.75 Å². The van der Waals surface area contributed by atoms with Gasteiger partial charge < -0.3 is 14.5 Å². The first kappa shape index (κ1) is 17.1. The number of ether oxygens (including phenoxy) is 1. The number of nitrogens with one attached hydrogen (secondary N) is 1. The van der Waals surface area contributed by atoms with Crippen LogP contribution in [0.2, 0.25) is 0 Å². The van der Waals surface area contributed by atoms with Crippen molar-refractivity contribution in [2.45, 2.75) is 47.6 Å². The molecule has 2 aromatic rings. The van der Waals surface area contributed by atoms with Crippen LogP contribution in [0.3, 0.4) is 0 Å². The Morgan fingerprint density at radius 1 is 1.26 bits per heavy atom. The minimum Gasteiger partial charge on any atom is -0.496 e. The minimum atomic E-state index is -0.0996. The number of furan rings is 1. The summed E-state index contributed by atoms with van der Waals surface area (Å²) in [4.78, 5) is 12.0. The molecule has 0 unspecified atom stereocenters. The van der Waals surface area contributed by atoms with E-state index in [2.05, 4.69) is 5.32 Å². The van der Waals surface area contributed by atoms with Gasteiger partial charge in [0.15, 0.2) is 0 Å². The zero-order valence-electron chi connectivity index (χ0n) is 15.0. The summed E-state index contributed by atoms with van der Waals surface area (Å²) in [5.41, 5.74) is 4.70. The zero-order chi connectivity index (χ0) is 17.3. The number of benzene rings is 1. The highest BCUT2D eigenvalue weighted by Gasteiger charge is 2.18. The maximum absolute atomic E-state index is 12.0. The molecule has 2 rings (SSSR count). The molecule has 0 fully saturated rings. The van der Waals surface area contributed by atoms with Gasteiger partial charge in [-0.15, -0.1) is 0 Å². The third kappa shape index (κ3) is 3.26. The van der Waals surface area contributed by atoms with Gasteiger partial charge in [-0.3, -0.25) is 4.79 Å². The lowest BCUT2D eigenvalue weighted by molar-refractivity contribution is -0.116. The van der Waals surface area contributed by atoms with Crippen LogP contribution in [0, 0.1) is 20.8 Å². The highest BCUT2D eigenvalue weighted by Crippen LogP contribution is 2.38. The van der Waals surface area contributed by atoms with Crippen LogP contribution in [0.15, 0.2) is 16.6 Å². The molecule has 0 saturated heterocycles. The number of allylic oxidation sites excluding steroid dienone is 1. The summed E-state index contributed by atoms with van der Waals surface area (Å²) in [7, 11) is 1.64. The summed E-state index contributed by atoms with van der Waals surface area (Å²) in [6, 6.07) is 2.15. The fourth-order valence-electron chi connectivity index (χ4n) is 2.77. The maximum Gasteiger partial charge on any atom is 0.244 e. The lowest BCUT2D eigenvalue weighted by atomic mass is 9.98. The van der Waals surface area contributed by atoms with Crippen molar-refractivity contribution in [1.29, 1.82) is 0 Å². The van der Waals surface area contributed by atoms with Crippen molar-refractivity contribution in [2.24, 2.45) is 0 Å². The second kappa shape index (κ2) is 6.49. The summed E-state index contributed by atoms with van der Waals surface area (Å²) < 4.78 is 11.4. The second-order valence-corrected chi connectivity index (χ2v) is 6.23. The van der Waals surface area contributed by atoms with Gasteiger partial charge in [0.05, 0.1) is 7.11 Å². The van der Waals surface area contributed by atoms with E-state index in [1.54, 1.807) is 13.2 Å². The largest absolute Gasteiger partial charge is 0.496 e. The van der Waals surface area contributed by atoms with Crippen LogP contribution in [0.25, 0.3) is 16.5 Å². The number of aryl methyl sites for hydroxylation is 3. The van der Waals surface area contributed by atoms with Crippen molar-refractivity contribution in [3.05, 3.63) is 34.6 Å². The molecular formula is C19H25NO3. The Hall–Kier alpha value is -2.23. The molecule has 1 N–H and O–H groups in total. The van der Waals surface area contributed by atoms with Gasteiger partial charge in [-0.1, -0.05) is 0 Å². The number of methoxy groups -OCH3 is 1. The number of hydrogen-bond donors (Lipinski definition) is 1. The molecule has 0 spiro atoms. The Labute approximate surface area is 137 Å². The molecular weight excluding hydrogens is 290 g/mol. The van der Waals surface area contributed by atoms with Gasteiger partial charge in [-0.25, -0.2) is 0 Å². The first-order chi connectivity index (χ1) is 10.8. The van der Waals surface area contributed by atoms with Crippen LogP contribution in [-0.2, 0) is 4.79 Å². The molecule has 0 aliphatic heterocycles. The van der Waals surface area contributed by atoms with Gasteiger partial charge >= 0.3 is 0 Å². The predicted molar refractivity (Wildman–Crippen MR) is 93.9 cm³/mol. The van der Waals surface area contributed by atoms with Crippen LogP contribution in [0.4, 0.5) is 0 Å². The van der Waals surface area contributed by atoms with Gasteiger partial charge in [-0.2, -0.15) is 0 Å². The molecule has 124 valence electrons. The Bertz CT molecular complexity index is 782. The van der Waals surface area contributed by atoms with E-state index in [0.717, 1.165) is 44.7 Å². The number of hydrogen-bond acceptors (Lipinski definition) is 3. The van der Waals surface area contributed by atoms with E-state index in [1.807, 2.05) is 47.6 Å². The molecule has 0 radical (unpaired) electrons. The smallest absolute Gasteiger partial charge is 0.244 e. The molecule has 0 saturated carbocycles. The number of rotatable bonds is 4. The van der Waals surface area contributed by atoms with Gasteiger partial charge in [0.1, 0.15) is 17.1 Å². The van der Waals surface area contributed by atoms with E-state index in [-0.39, 0.29) is 11.9 Å². The normalized spacial score (nSPS) is 12.1. The fourth-order valence-corrected chi connectivity index (χ4v) is 2.77. The number of fused-ring (bicyclic) bond motifs is 1. The van der Waals surface area contributed by atoms with E-state index in [4.69, 9.17) is 9.15 Å². The van der Waals surface area contributed by atoms with E-state index in [0.29, 0.717) is 0 Å². The minimum absolute atomic E-state index is 0.0996. The standard InChI is InChI=1S/C19H25NO3/c1-10(2)20-17(21)8-11(3)15-9-16-12(4)14(6)23-19(16)13(5)18(15)22-7/h8-10H,1-7H3,(H,20,21)/b11-8+. The van der Waals surface area contributed by atoms with Gasteiger partial charge in [0.2, 0.25) is 5.91 Å².